The van der Waals surface area contributed by atoms with Crippen LogP contribution in [0.5, 0.6) is 0 Å². The standard InChI is InChI=1S/C16H33NO4S/c1-9-15(5,6)10-12(14(2,3)4)13(18)17-16(7,8)11-22(19,20)21/h12H,9-11H2,1-8H3,(H,17,18)(H,19,20,21). The van der Waals surface area contributed by atoms with Crippen molar-refractivity contribution < 1.29 is 17.8 Å². The summed E-state index contributed by atoms with van der Waals surface area (Å²) in [4.78, 5) is 12.7. The zero-order valence-electron chi connectivity index (χ0n) is 15.3. The molecule has 0 heterocycles. The Morgan fingerprint density at radius 2 is 1.55 bits per heavy atom. The predicted molar refractivity (Wildman–Crippen MR) is 90.3 cm³/mol. The number of nitrogens with one attached hydrogen (secondary N) is 1. The average Bonchev–Trinajstić information content (AvgIpc) is 2.20. The number of hydrogen-bond donors (Lipinski definition) is 2. The molecule has 1 atom stereocenters. The van der Waals surface area contributed by atoms with Crippen molar-refractivity contribution in [2.75, 3.05) is 5.75 Å². The molecule has 5 nitrogen and oxygen atoms in total. The van der Waals surface area contributed by atoms with E-state index < -0.39 is 21.4 Å². The zero-order valence-corrected chi connectivity index (χ0v) is 16.1. The van der Waals surface area contributed by atoms with Gasteiger partial charge in [0.25, 0.3) is 10.1 Å². The highest BCUT2D eigenvalue weighted by molar-refractivity contribution is 7.85. The number of carbonyl (C=O) groups excluding carboxylic acids is 1. The van der Waals surface area contributed by atoms with Gasteiger partial charge in [-0.2, -0.15) is 8.42 Å². The summed E-state index contributed by atoms with van der Waals surface area (Å²) in [5.74, 6) is -0.898. The number of rotatable bonds is 7. The first kappa shape index (κ1) is 21.4. The molecule has 2 N–H and O–H groups in total. The Labute approximate surface area is 136 Å². The highest BCUT2D eigenvalue weighted by Gasteiger charge is 2.38. The molecule has 0 radical (unpaired) electrons. The topological polar surface area (TPSA) is 83.5 Å². The Hall–Kier alpha value is -0.620. The van der Waals surface area contributed by atoms with Gasteiger partial charge in [0.1, 0.15) is 0 Å². The van der Waals surface area contributed by atoms with Crippen LogP contribution in [0, 0.1) is 16.7 Å². The minimum atomic E-state index is -4.14. The van der Waals surface area contributed by atoms with E-state index in [1.165, 1.54) is 0 Å². The van der Waals surface area contributed by atoms with Crippen molar-refractivity contribution in [1.29, 1.82) is 0 Å². The van der Waals surface area contributed by atoms with E-state index in [4.69, 9.17) is 4.55 Å². The van der Waals surface area contributed by atoms with E-state index in [-0.39, 0.29) is 22.7 Å². The van der Waals surface area contributed by atoms with Gasteiger partial charge in [-0.3, -0.25) is 9.35 Å². The van der Waals surface area contributed by atoms with Gasteiger partial charge in [-0.1, -0.05) is 48.0 Å². The first-order valence-corrected chi connectivity index (χ1v) is 9.37. The Balaban J connectivity index is 5.23. The van der Waals surface area contributed by atoms with Crippen molar-refractivity contribution in [3.05, 3.63) is 0 Å². The largest absolute Gasteiger partial charge is 0.350 e. The second-order valence-corrected chi connectivity index (χ2v) is 10.2. The van der Waals surface area contributed by atoms with E-state index in [0.717, 1.165) is 12.8 Å². The van der Waals surface area contributed by atoms with Crippen LogP contribution >= 0.6 is 0 Å². The van der Waals surface area contributed by atoms with Gasteiger partial charge in [-0.05, 0) is 31.1 Å². The van der Waals surface area contributed by atoms with E-state index in [9.17, 15) is 13.2 Å². The van der Waals surface area contributed by atoms with E-state index in [2.05, 4.69) is 26.1 Å². The lowest BCUT2D eigenvalue weighted by Crippen LogP contribution is -2.52. The molecule has 22 heavy (non-hydrogen) atoms. The Morgan fingerprint density at radius 1 is 1.09 bits per heavy atom. The van der Waals surface area contributed by atoms with E-state index in [1.807, 2.05) is 20.8 Å². The predicted octanol–water partition coefficient (Wildman–Crippen LogP) is 3.26. The fraction of sp³-hybridized carbons (Fsp3) is 0.938. The van der Waals surface area contributed by atoms with E-state index >= 15 is 0 Å². The molecular formula is C16H33NO4S. The number of amides is 1. The van der Waals surface area contributed by atoms with E-state index in [0.29, 0.717) is 0 Å². The van der Waals surface area contributed by atoms with Gasteiger partial charge >= 0.3 is 0 Å². The first-order chi connectivity index (χ1) is 9.49. The molecular weight excluding hydrogens is 302 g/mol. The molecule has 0 saturated heterocycles. The smallest absolute Gasteiger partial charge is 0.267 e. The lowest BCUT2D eigenvalue weighted by Gasteiger charge is -2.38. The normalized spacial score (nSPS) is 15.5. The lowest BCUT2D eigenvalue weighted by atomic mass is 9.70. The van der Waals surface area contributed by atoms with Crippen molar-refractivity contribution in [2.24, 2.45) is 16.7 Å². The third-order valence-corrected chi connectivity index (χ3v) is 5.17. The summed E-state index contributed by atoms with van der Waals surface area (Å²) >= 11 is 0. The summed E-state index contributed by atoms with van der Waals surface area (Å²) in [5, 5.41) is 2.79. The minimum absolute atomic E-state index is 0.0302. The van der Waals surface area contributed by atoms with Crippen molar-refractivity contribution in [3.63, 3.8) is 0 Å². The molecule has 132 valence electrons. The Bertz CT molecular complexity index is 487. The van der Waals surface area contributed by atoms with Crippen LogP contribution in [-0.2, 0) is 14.9 Å². The van der Waals surface area contributed by atoms with Crippen molar-refractivity contribution in [1.82, 2.24) is 5.32 Å². The molecule has 1 unspecified atom stereocenters. The van der Waals surface area contributed by atoms with Gasteiger partial charge in [0.05, 0.1) is 11.3 Å². The van der Waals surface area contributed by atoms with Crippen LogP contribution in [-0.4, -0.2) is 30.2 Å². The van der Waals surface area contributed by atoms with Crippen LogP contribution in [0.1, 0.15) is 68.2 Å². The SMILES string of the molecule is CCC(C)(C)CC(C(=O)NC(C)(C)CS(=O)(=O)O)C(C)(C)C. The molecule has 0 aromatic carbocycles. The maximum atomic E-state index is 12.7. The number of carbonyl (C=O) groups is 1. The fourth-order valence-electron chi connectivity index (χ4n) is 2.40. The molecule has 0 aromatic rings. The maximum absolute atomic E-state index is 12.7. The molecule has 0 aliphatic rings. The van der Waals surface area contributed by atoms with Gasteiger partial charge in [-0.25, -0.2) is 0 Å². The summed E-state index contributed by atoms with van der Waals surface area (Å²) in [7, 11) is -4.14. The summed E-state index contributed by atoms with van der Waals surface area (Å²) in [6.45, 7) is 15.6. The van der Waals surface area contributed by atoms with Crippen LogP contribution in [0.3, 0.4) is 0 Å². The molecule has 0 aliphatic carbocycles. The van der Waals surface area contributed by atoms with Gasteiger partial charge < -0.3 is 5.32 Å². The van der Waals surface area contributed by atoms with Crippen LogP contribution in [0.15, 0.2) is 0 Å². The highest BCUT2D eigenvalue weighted by Crippen LogP contribution is 2.38. The van der Waals surface area contributed by atoms with Crippen LogP contribution in [0.4, 0.5) is 0 Å². The monoisotopic (exact) mass is 335 g/mol. The molecule has 0 rings (SSSR count). The third-order valence-electron chi connectivity index (χ3n) is 4.08. The summed E-state index contributed by atoms with van der Waals surface area (Å²) < 4.78 is 31.2. The molecule has 0 saturated carbocycles. The molecule has 6 heteroatoms. The van der Waals surface area contributed by atoms with Crippen LogP contribution < -0.4 is 5.32 Å². The highest BCUT2D eigenvalue weighted by atomic mass is 32.2. The Kier molecular flexibility index (Phi) is 6.68. The minimum Gasteiger partial charge on any atom is -0.350 e. The molecule has 0 aromatic heterocycles. The molecule has 0 spiro atoms. The van der Waals surface area contributed by atoms with Gasteiger partial charge in [-0.15, -0.1) is 0 Å². The number of hydrogen-bond acceptors (Lipinski definition) is 3. The lowest BCUT2D eigenvalue weighted by molar-refractivity contribution is -0.131. The van der Waals surface area contributed by atoms with Crippen LogP contribution in [0.2, 0.25) is 0 Å². The van der Waals surface area contributed by atoms with Crippen molar-refractivity contribution in [3.8, 4) is 0 Å². The summed E-state index contributed by atoms with van der Waals surface area (Å²) in [6, 6.07) is 0. The van der Waals surface area contributed by atoms with E-state index in [1.54, 1.807) is 13.8 Å². The second kappa shape index (κ2) is 6.87. The van der Waals surface area contributed by atoms with Crippen molar-refractivity contribution >= 4 is 16.0 Å². The van der Waals surface area contributed by atoms with Gasteiger partial charge in [0.15, 0.2) is 0 Å². The fourth-order valence-corrected chi connectivity index (χ4v) is 3.39. The van der Waals surface area contributed by atoms with Crippen LogP contribution in [0.25, 0.3) is 0 Å². The maximum Gasteiger partial charge on any atom is 0.267 e. The second-order valence-electron chi connectivity index (χ2n) is 8.74. The molecule has 0 fully saturated rings. The Morgan fingerprint density at radius 3 is 1.86 bits per heavy atom. The molecule has 0 aliphatic heterocycles. The zero-order chi connectivity index (χ0) is 18.0. The molecule has 1 amide bonds. The summed E-state index contributed by atoms with van der Waals surface area (Å²) in [5.41, 5.74) is -1.21. The first-order valence-electron chi connectivity index (χ1n) is 7.76. The quantitative estimate of drug-likeness (QED) is 0.700. The van der Waals surface area contributed by atoms with Gasteiger partial charge in [0.2, 0.25) is 5.91 Å². The van der Waals surface area contributed by atoms with Gasteiger partial charge in [0, 0.05) is 5.92 Å². The molecule has 0 bridgehead atoms. The van der Waals surface area contributed by atoms with Crippen molar-refractivity contribution in [2.45, 2.75) is 73.8 Å². The third kappa shape index (κ3) is 8.13. The summed E-state index contributed by atoms with van der Waals surface area (Å²) in [6.07, 6.45) is 1.68. The average molecular weight is 336 g/mol.